The molecule has 20 heavy (non-hydrogen) atoms. The number of rotatable bonds is 13. The van der Waals surface area contributed by atoms with Crippen LogP contribution in [0.5, 0.6) is 0 Å². The van der Waals surface area contributed by atoms with E-state index in [1.54, 1.807) is 0 Å². The lowest BCUT2D eigenvalue weighted by atomic mass is 10.1. The summed E-state index contributed by atoms with van der Waals surface area (Å²) in [6.45, 7) is 2.19. The fraction of sp³-hybridized carbons (Fsp3) is 1.00. The number of hydrogen-bond donors (Lipinski definition) is 3. The van der Waals surface area contributed by atoms with Crippen LogP contribution in [0.3, 0.4) is 0 Å². The first kappa shape index (κ1) is 20.3. The normalized spacial score (nSPS) is 15.2. The Labute approximate surface area is 121 Å². The fourth-order valence-corrected chi connectivity index (χ4v) is 4.29. The minimum Gasteiger partial charge on any atom is -0.324 e. The average Bonchev–Trinajstić information content (AvgIpc) is 2.28. The van der Waals surface area contributed by atoms with Crippen molar-refractivity contribution in [1.29, 1.82) is 0 Å². The van der Waals surface area contributed by atoms with E-state index in [2.05, 4.69) is 11.2 Å². The predicted molar refractivity (Wildman–Crippen MR) is 79.7 cm³/mol. The van der Waals surface area contributed by atoms with Gasteiger partial charge in [-0.05, 0) is 6.42 Å². The first-order valence-electron chi connectivity index (χ1n) is 7.35. The fourth-order valence-electron chi connectivity index (χ4n) is 2.01. The molecule has 0 aliphatic carbocycles. The van der Waals surface area contributed by atoms with E-state index < -0.39 is 15.4 Å². The van der Waals surface area contributed by atoms with Gasteiger partial charge in [0.2, 0.25) is 0 Å². The van der Waals surface area contributed by atoms with E-state index in [0.717, 1.165) is 19.3 Å². The van der Waals surface area contributed by atoms with Crippen molar-refractivity contribution in [3.8, 4) is 0 Å². The highest BCUT2D eigenvalue weighted by atomic mass is 31.3. The summed E-state index contributed by atoms with van der Waals surface area (Å²) < 4.78 is 25.7. The SMILES string of the molecule is CCCCCCCCCCCCP(=O)(O)OP(=O)(O)O. The van der Waals surface area contributed by atoms with Gasteiger partial charge in [-0.2, -0.15) is 0 Å². The molecule has 0 saturated carbocycles. The van der Waals surface area contributed by atoms with Gasteiger partial charge < -0.3 is 14.7 Å². The minimum atomic E-state index is -4.88. The van der Waals surface area contributed by atoms with Crippen molar-refractivity contribution in [1.82, 2.24) is 0 Å². The molecule has 0 heterocycles. The highest BCUT2D eigenvalue weighted by Gasteiger charge is 2.29. The molecule has 3 N–H and O–H groups in total. The predicted octanol–water partition coefficient (Wildman–Crippen LogP) is 4.20. The lowest BCUT2D eigenvalue weighted by molar-refractivity contribution is 0.263. The summed E-state index contributed by atoms with van der Waals surface area (Å²) in [5.41, 5.74) is 0. The second-order valence-corrected chi connectivity index (χ2v) is 8.47. The van der Waals surface area contributed by atoms with Gasteiger partial charge in [0.1, 0.15) is 0 Å². The Kier molecular flexibility index (Phi) is 11.1. The van der Waals surface area contributed by atoms with Crippen molar-refractivity contribution in [3.05, 3.63) is 0 Å². The van der Waals surface area contributed by atoms with E-state index in [4.69, 9.17) is 9.79 Å². The third-order valence-electron chi connectivity index (χ3n) is 3.03. The second-order valence-electron chi connectivity index (χ2n) is 5.12. The van der Waals surface area contributed by atoms with Crippen LogP contribution in [0.1, 0.15) is 71.1 Å². The van der Waals surface area contributed by atoms with Crippen LogP contribution in [0, 0.1) is 0 Å². The lowest BCUT2D eigenvalue weighted by Crippen LogP contribution is -1.94. The smallest absolute Gasteiger partial charge is 0.324 e. The molecule has 0 aromatic rings. The molecule has 1 unspecified atom stereocenters. The van der Waals surface area contributed by atoms with E-state index in [1.165, 1.54) is 38.5 Å². The Morgan fingerprint density at radius 3 is 1.55 bits per heavy atom. The Morgan fingerprint density at radius 2 is 1.15 bits per heavy atom. The van der Waals surface area contributed by atoms with Crippen LogP contribution >= 0.6 is 15.4 Å². The molecule has 8 heteroatoms. The molecule has 0 aliphatic heterocycles. The Balaban J connectivity index is 3.44. The third-order valence-corrected chi connectivity index (χ3v) is 5.78. The number of hydrogen-bond acceptors (Lipinski definition) is 3. The third kappa shape index (κ3) is 14.7. The molecule has 0 aromatic carbocycles. The van der Waals surface area contributed by atoms with Crippen LogP contribution in [-0.4, -0.2) is 20.8 Å². The van der Waals surface area contributed by atoms with Gasteiger partial charge in [0.25, 0.3) is 0 Å². The standard InChI is InChI=1S/C12H28O6P2/c1-2-3-4-5-6-7-8-9-10-11-12-19(13,14)18-20(15,16)17/h2-12H2,1H3,(H,13,14)(H2,15,16,17). The van der Waals surface area contributed by atoms with Crippen molar-refractivity contribution in [2.45, 2.75) is 71.1 Å². The largest absolute Gasteiger partial charge is 0.476 e. The summed E-state index contributed by atoms with van der Waals surface area (Å²) in [5, 5.41) is 0. The Morgan fingerprint density at radius 1 is 0.750 bits per heavy atom. The molecule has 0 aliphatic rings. The van der Waals surface area contributed by atoms with Gasteiger partial charge in [-0.3, -0.25) is 4.57 Å². The molecule has 0 radical (unpaired) electrons. The average molecular weight is 330 g/mol. The van der Waals surface area contributed by atoms with Crippen LogP contribution in [-0.2, 0) is 13.4 Å². The molecular formula is C12H28O6P2. The monoisotopic (exact) mass is 330 g/mol. The van der Waals surface area contributed by atoms with E-state index in [0.29, 0.717) is 6.42 Å². The van der Waals surface area contributed by atoms with Crippen LogP contribution in [0.25, 0.3) is 0 Å². The summed E-state index contributed by atoms with van der Waals surface area (Å²) in [6.07, 6.45) is 10.6. The maximum Gasteiger partial charge on any atom is 0.476 e. The maximum atomic E-state index is 11.3. The zero-order valence-electron chi connectivity index (χ0n) is 12.2. The lowest BCUT2D eigenvalue weighted by Gasteiger charge is -2.12. The molecule has 0 rings (SSSR count). The van der Waals surface area contributed by atoms with Gasteiger partial charge in [0.15, 0.2) is 0 Å². The van der Waals surface area contributed by atoms with E-state index in [-0.39, 0.29) is 6.16 Å². The van der Waals surface area contributed by atoms with E-state index in [9.17, 15) is 14.0 Å². The first-order chi connectivity index (χ1) is 9.27. The minimum absolute atomic E-state index is 0.200. The zero-order valence-corrected chi connectivity index (χ0v) is 14.0. The zero-order chi connectivity index (χ0) is 15.5. The Hall–Kier alpha value is 0.300. The van der Waals surface area contributed by atoms with Crippen molar-refractivity contribution < 1.29 is 28.1 Å². The molecule has 6 nitrogen and oxygen atoms in total. The van der Waals surface area contributed by atoms with Crippen LogP contribution in [0.15, 0.2) is 0 Å². The molecule has 0 bridgehead atoms. The quantitative estimate of drug-likeness (QED) is 0.345. The van der Waals surface area contributed by atoms with E-state index >= 15 is 0 Å². The summed E-state index contributed by atoms with van der Waals surface area (Å²) in [6, 6.07) is 0. The molecule has 0 fully saturated rings. The molecule has 1 atom stereocenters. The van der Waals surface area contributed by atoms with Gasteiger partial charge in [-0.15, -0.1) is 0 Å². The van der Waals surface area contributed by atoms with Gasteiger partial charge in [-0.25, -0.2) is 8.88 Å². The summed E-state index contributed by atoms with van der Waals surface area (Å²) >= 11 is 0. The van der Waals surface area contributed by atoms with Gasteiger partial charge in [-0.1, -0.05) is 64.7 Å². The van der Waals surface area contributed by atoms with Crippen LogP contribution in [0.2, 0.25) is 0 Å². The van der Waals surface area contributed by atoms with Crippen molar-refractivity contribution >= 4 is 15.4 Å². The summed E-state index contributed by atoms with van der Waals surface area (Å²) in [4.78, 5) is 26.2. The summed E-state index contributed by atoms with van der Waals surface area (Å²) in [5.74, 6) is 0. The van der Waals surface area contributed by atoms with E-state index in [1.807, 2.05) is 0 Å². The number of phosphoric acid groups is 1. The first-order valence-corrected chi connectivity index (χ1v) is 10.6. The van der Waals surface area contributed by atoms with Gasteiger partial charge in [0, 0.05) is 0 Å². The molecule has 0 aromatic heterocycles. The Bertz CT molecular complexity index is 328. The maximum absolute atomic E-state index is 11.3. The molecule has 122 valence electrons. The van der Waals surface area contributed by atoms with Crippen molar-refractivity contribution in [2.24, 2.45) is 0 Å². The highest BCUT2D eigenvalue weighted by Crippen LogP contribution is 2.57. The topological polar surface area (TPSA) is 104 Å². The molecular weight excluding hydrogens is 302 g/mol. The highest BCUT2D eigenvalue weighted by molar-refractivity contribution is 7.63. The second kappa shape index (κ2) is 10.9. The van der Waals surface area contributed by atoms with Gasteiger partial charge >= 0.3 is 15.4 Å². The molecule has 0 spiro atoms. The van der Waals surface area contributed by atoms with Crippen molar-refractivity contribution in [2.75, 3.05) is 6.16 Å². The van der Waals surface area contributed by atoms with Crippen molar-refractivity contribution in [3.63, 3.8) is 0 Å². The number of unbranched alkanes of at least 4 members (excludes halogenated alkanes) is 9. The van der Waals surface area contributed by atoms with Crippen LogP contribution in [0.4, 0.5) is 0 Å². The van der Waals surface area contributed by atoms with Crippen LogP contribution < -0.4 is 0 Å². The molecule has 0 amide bonds. The summed E-state index contributed by atoms with van der Waals surface area (Å²) in [7, 11) is -9.03. The molecule has 0 saturated heterocycles. The van der Waals surface area contributed by atoms with Gasteiger partial charge in [0.05, 0.1) is 6.16 Å².